The maximum absolute atomic E-state index is 14.6. The monoisotopic (exact) mass is 547 g/mol. The molecule has 0 radical (unpaired) electrons. The molecule has 2 aliphatic rings. The molecule has 0 aromatic heterocycles. The average molecular weight is 548 g/mol. The Bertz CT molecular complexity index is 1350. The number of halogens is 1. The zero-order valence-corrected chi connectivity index (χ0v) is 21.5. The lowest BCUT2D eigenvalue weighted by Crippen LogP contribution is -2.76. The number of amides is 4. The van der Waals surface area contributed by atoms with Crippen LogP contribution >= 0.6 is 0 Å². The van der Waals surface area contributed by atoms with E-state index in [1.165, 1.54) is 33.0 Å². The van der Waals surface area contributed by atoms with Crippen LogP contribution in [0.15, 0.2) is 78.9 Å². The van der Waals surface area contributed by atoms with Crippen molar-refractivity contribution in [3.05, 3.63) is 101 Å². The molecule has 0 aliphatic carbocycles. The molecule has 2 fully saturated rings. The van der Waals surface area contributed by atoms with Crippen LogP contribution in [-0.2, 0) is 29.1 Å². The molecule has 2 N–H and O–H groups in total. The number of urea groups is 1. The summed E-state index contributed by atoms with van der Waals surface area (Å²) in [5, 5.41) is 15.6. The van der Waals surface area contributed by atoms with Crippen LogP contribution in [0.2, 0.25) is 0 Å². The molecule has 210 valence electrons. The molecule has 10 heteroatoms. The number of hydrogen-bond donors (Lipinski definition) is 2. The number of rotatable bonds is 6. The maximum Gasteiger partial charge on any atom is 0.334 e. The Morgan fingerprint density at radius 1 is 0.975 bits per heavy atom. The summed E-state index contributed by atoms with van der Waals surface area (Å²) in [6, 6.07) is 20.8. The highest BCUT2D eigenvalue weighted by Crippen LogP contribution is 2.29. The number of nitrogens with one attached hydrogen (secondary N) is 1. The van der Waals surface area contributed by atoms with Gasteiger partial charge < -0.3 is 20.2 Å². The van der Waals surface area contributed by atoms with Crippen LogP contribution < -0.4 is 5.32 Å². The molecule has 9 nitrogen and oxygen atoms in total. The van der Waals surface area contributed by atoms with Gasteiger partial charge in [0.1, 0.15) is 23.8 Å². The first-order valence-corrected chi connectivity index (χ1v) is 12.7. The summed E-state index contributed by atoms with van der Waals surface area (Å²) in [6.07, 6.45) is -0.614. The fraction of sp³-hybridized carbons (Fsp3) is 0.300. The van der Waals surface area contributed by atoms with E-state index in [2.05, 4.69) is 5.32 Å². The van der Waals surface area contributed by atoms with E-state index in [0.29, 0.717) is 12.1 Å². The minimum Gasteiger partial charge on any atom is -0.508 e. The number of aromatic hydroxyl groups is 1. The minimum absolute atomic E-state index is 0. The van der Waals surface area contributed by atoms with Gasteiger partial charge >= 0.3 is 6.03 Å². The van der Waals surface area contributed by atoms with E-state index in [1.807, 2.05) is 30.3 Å². The number of nitrogens with zero attached hydrogens (tertiary/aromatic N) is 4. The standard InChI is InChI=1S/C29H30FN5O4.CH4/c1-32-19-27(37)34-25(15-20-11-13-23(36)14-12-20)28(38)33(17-22-9-5-6-10-24(22)30)18-26(34)35(32)29(39)31-16-21-7-3-2-4-8-21;/h2-14,25-26,36H,15-19H2,1H3,(H,31,39);1H4/t25-,26?;/m0./s1. The summed E-state index contributed by atoms with van der Waals surface area (Å²) >= 11 is 0. The Morgan fingerprint density at radius 2 is 1.65 bits per heavy atom. The van der Waals surface area contributed by atoms with E-state index in [4.69, 9.17) is 0 Å². The van der Waals surface area contributed by atoms with Crippen molar-refractivity contribution in [3.63, 3.8) is 0 Å². The van der Waals surface area contributed by atoms with Gasteiger partial charge in [-0.1, -0.05) is 68.1 Å². The van der Waals surface area contributed by atoms with Gasteiger partial charge in [-0.3, -0.25) is 9.59 Å². The first-order chi connectivity index (χ1) is 18.8. The van der Waals surface area contributed by atoms with Gasteiger partial charge in [-0.05, 0) is 29.3 Å². The van der Waals surface area contributed by atoms with Crippen molar-refractivity contribution in [3.8, 4) is 5.75 Å². The number of carbonyl (C=O) groups excluding carboxylic acids is 3. The number of phenolic OH excluding ortho intramolecular Hbond substituents is 1. The van der Waals surface area contributed by atoms with Crippen molar-refractivity contribution in [1.82, 2.24) is 25.1 Å². The Balaban J connectivity index is 0.00000370. The van der Waals surface area contributed by atoms with Crippen LogP contribution in [0.4, 0.5) is 9.18 Å². The van der Waals surface area contributed by atoms with E-state index in [0.717, 1.165) is 11.1 Å². The van der Waals surface area contributed by atoms with Gasteiger partial charge in [0, 0.05) is 32.1 Å². The number of piperazine rings is 1. The molecular weight excluding hydrogens is 513 g/mol. The zero-order chi connectivity index (χ0) is 27.5. The van der Waals surface area contributed by atoms with Crippen LogP contribution in [0, 0.1) is 5.82 Å². The second kappa shape index (κ2) is 12.2. The maximum atomic E-state index is 14.6. The summed E-state index contributed by atoms with van der Waals surface area (Å²) in [5.74, 6) is -0.954. The van der Waals surface area contributed by atoms with Crippen molar-refractivity contribution >= 4 is 17.8 Å². The molecule has 2 aliphatic heterocycles. The summed E-state index contributed by atoms with van der Waals surface area (Å²) in [5.41, 5.74) is 2.01. The molecule has 0 bridgehead atoms. The van der Waals surface area contributed by atoms with Gasteiger partial charge in [-0.25, -0.2) is 19.2 Å². The first kappa shape index (κ1) is 28.6. The third-order valence-electron chi connectivity index (χ3n) is 7.12. The van der Waals surface area contributed by atoms with Gasteiger partial charge in [-0.2, -0.15) is 0 Å². The summed E-state index contributed by atoms with van der Waals surface area (Å²) in [4.78, 5) is 43.7. The number of benzene rings is 3. The van der Waals surface area contributed by atoms with Crippen LogP contribution in [0.5, 0.6) is 5.75 Å². The van der Waals surface area contributed by atoms with Gasteiger partial charge in [-0.15, -0.1) is 0 Å². The smallest absolute Gasteiger partial charge is 0.334 e. The molecule has 0 saturated carbocycles. The second-order valence-corrected chi connectivity index (χ2v) is 9.78. The highest BCUT2D eigenvalue weighted by Gasteiger charge is 2.50. The van der Waals surface area contributed by atoms with E-state index in [9.17, 15) is 23.9 Å². The summed E-state index contributed by atoms with van der Waals surface area (Å²) < 4.78 is 14.6. The number of phenols is 1. The van der Waals surface area contributed by atoms with Crippen molar-refractivity contribution in [1.29, 1.82) is 0 Å². The molecule has 2 atom stereocenters. The number of likely N-dealkylation sites (N-methyl/N-ethyl adjacent to an activating group) is 1. The molecule has 3 aromatic carbocycles. The minimum atomic E-state index is -0.911. The molecule has 40 heavy (non-hydrogen) atoms. The second-order valence-electron chi connectivity index (χ2n) is 9.78. The van der Waals surface area contributed by atoms with Gasteiger partial charge in [0.2, 0.25) is 11.8 Å². The third-order valence-corrected chi connectivity index (χ3v) is 7.12. The Morgan fingerprint density at radius 3 is 2.35 bits per heavy atom. The van der Waals surface area contributed by atoms with Crippen molar-refractivity contribution in [2.45, 2.75) is 39.1 Å². The lowest BCUT2D eigenvalue weighted by atomic mass is 9.98. The van der Waals surface area contributed by atoms with Crippen molar-refractivity contribution < 1.29 is 23.9 Å². The number of hydrazine groups is 1. The molecule has 1 unspecified atom stereocenters. The normalized spacial score (nSPS) is 19.2. The van der Waals surface area contributed by atoms with Crippen LogP contribution in [0.25, 0.3) is 0 Å². The summed E-state index contributed by atoms with van der Waals surface area (Å²) in [6.45, 7) is 0.231. The van der Waals surface area contributed by atoms with Crippen molar-refractivity contribution in [2.24, 2.45) is 0 Å². The van der Waals surface area contributed by atoms with E-state index in [-0.39, 0.29) is 51.0 Å². The Hall–Kier alpha value is -4.44. The fourth-order valence-electron chi connectivity index (χ4n) is 5.19. The third kappa shape index (κ3) is 5.91. The van der Waals surface area contributed by atoms with E-state index >= 15 is 0 Å². The van der Waals surface area contributed by atoms with Crippen LogP contribution in [-0.4, -0.2) is 75.1 Å². The van der Waals surface area contributed by atoms with Crippen LogP contribution in [0.1, 0.15) is 24.1 Å². The van der Waals surface area contributed by atoms with Gasteiger partial charge in [0.15, 0.2) is 0 Å². The SMILES string of the molecule is C.CN1CC(=O)N2C(CN(Cc3ccccc3F)C(=O)[C@@H]2Cc2ccc(O)cc2)N1C(=O)NCc1ccccc1. The lowest BCUT2D eigenvalue weighted by Gasteiger charge is -2.54. The highest BCUT2D eigenvalue weighted by molar-refractivity contribution is 5.91. The highest BCUT2D eigenvalue weighted by atomic mass is 19.1. The molecule has 2 heterocycles. The van der Waals surface area contributed by atoms with Gasteiger partial charge in [0.25, 0.3) is 0 Å². The molecule has 2 saturated heterocycles. The van der Waals surface area contributed by atoms with Gasteiger partial charge in [0.05, 0.1) is 13.1 Å². The molecule has 5 rings (SSSR count). The van der Waals surface area contributed by atoms with Crippen molar-refractivity contribution in [2.75, 3.05) is 20.1 Å². The number of fused-ring (bicyclic) bond motifs is 1. The predicted molar refractivity (Wildman–Crippen MR) is 148 cm³/mol. The molecular formula is C30H34FN5O4. The quantitative estimate of drug-likeness (QED) is 0.494. The van der Waals surface area contributed by atoms with Crippen LogP contribution in [0.3, 0.4) is 0 Å². The fourth-order valence-corrected chi connectivity index (χ4v) is 5.19. The molecule has 0 spiro atoms. The number of carbonyl (C=O) groups is 3. The summed E-state index contributed by atoms with van der Waals surface area (Å²) in [7, 11) is 1.66. The molecule has 4 amide bonds. The van der Waals surface area contributed by atoms with E-state index in [1.54, 1.807) is 42.4 Å². The zero-order valence-electron chi connectivity index (χ0n) is 21.5. The predicted octanol–water partition coefficient (Wildman–Crippen LogP) is 3.35. The topological polar surface area (TPSA) is 96.4 Å². The number of hydrogen-bond acceptors (Lipinski definition) is 5. The average Bonchev–Trinajstić information content (AvgIpc) is 2.92. The Labute approximate surface area is 233 Å². The largest absolute Gasteiger partial charge is 0.508 e. The lowest BCUT2D eigenvalue weighted by molar-refractivity contribution is -0.187. The van der Waals surface area contributed by atoms with E-state index < -0.39 is 24.1 Å². The molecule has 3 aromatic rings. The Kier molecular flexibility index (Phi) is 8.69. The first-order valence-electron chi connectivity index (χ1n) is 12.7.